The van der Waals surface area contributed by atoms with Gasteiger partial charge < -0.3 is 5.32 Å². The van der Waals surface area contributed by atoms with Crippen molar-refractivity contribution in [2.45, 2.75) is 17.9 Å². The average molecular weight is 467 g/mol. The molecule has 0 spiro atoms. The smallest absolute Gasteiger partial charge is 0.255 e. The molecule has 0 atom stereocenters. The van der Waals surface area contributed by atoms with Gasteiger partial charge in [0.1, 0.15) is 6.33 Å². The van der Waals surface area contributed by atoms with Crippen LogP contribution in [0, 0.1) is 0 Å². The number of anilines is 1. The van der Waals surface area contributed by atoms with Crippen molar-refractivity contribution in [1.29, 1.82) is 0 Å². The Hall–Kier alpha value is -3.41. The first-order chi connectivity index (χ1) is 15.5. The van der Waals surface area contributed by atoms with E-state index in [0.717, 1.165) is 5.56 Å². The van der Waals surface area contributed by atoms with Gasteiger partial charge in [-0.05, 0) is 70.3 Å². The van der Waals surface area contributed by atoms with E-state index >= 15 is 0 Å². The second-order valence-electron chi connectivity index (χ2n) is 7.24. The highest BCUT2D eigenvalue weighted by molar-refractivity contribution is 7.89. The Morgan fingerprint density at radius 1 is 1.09 bits per heavy atom. The number of amides is 1. The van der Waals surface area contributed by atoms with Crippen LogP contribution < -0.4 is 5.32 Å². The molecule has 2 aromatic carbocycles. The van der Waals surface area contributed by atoms with E-state index in [1.54, 1.807) is 47.7 Å². The molecule has 11 heteroatoms. The van der Waals surface area contributed by atoms with Gasteiger partial charge in [0, 0.05) is 29.2 Å². The number of rotatable bonds is 5. The average Bonchev–Trinajstić information content (AvgIpc) is 3.51. The minimum absolute atomic E-state index is 0.103. The molecule has 1 N–H and O–H groups in total. The van der Waals surface area contributed by atoms with Crippen LogP contribution in [0.5, 0.6) is 0 Å². The fourth-order valence-electron chi connectivity index (χ4n) is 3.58. The van der Waals surface area contributed by atoms with Crippen LogP contribution in [0.2, 0.25) is 0 Å². The summed E-state index contributed by atoms with van der Waals surface area (Å²) in [5.74, 6) is -0.408. The highest BCUT2D eigenvalue weighted by atomic mass is 32.2. The summed E-state index contributed by atoms with van der Waals surface area (Å²) in [6, 6.07) is 15.1. The molecule has 0 bridgehead atoms. The number of aromatic nitrogens is 4. The van der Waals surface area contributed by atoms with Gasteiger partial charge in [-0.2, -0.15) is 4.31 Å². The summed E-state index contributed by atoms with van der Waals surface area (Å²) in [7, 11) is -3.72. The number of sulfonamides is 1. The molecule has 0 fully saturated rings. The first-order valence-corrected chi connectivity index (χ1v) is 12.1. The molecule has 0 radical (unpaired) electrons. The summed E-state index contributed by atoms with van der Waals surface area (Å²) in [5, 5.41) is 15.8. The van der Waals surface area contributed by atoms with Crippen LogP contribution in [0.4, 0.5) is 5.69 Å². The van der Waals surface area contributed by atoms with Crippen LogP contribution in [0.25, 0.3) is 5.69 Å². The fraction of sp³-hybridized carbons (Fsp3) is 0.143. The molecule has 1 aliphatic rings. The number of hydrogen-bond acceptors (Lipinski definition) is 7. The molecule has 0 aliphatic carbocycles. The summed E-state index contributed by atoms with van der Waals surface area (Å²) in [5.41, 5.74) is 2.52. The third-order valence-corrected chi connectivity index (χ3v) is 8.09. The van der Waals surface area contributed by atoms with E-state index in [2.05, 4.69) is 20.8 Å². The molecular weight excluding hydrogens is 448 g/mol. The van der Waals surface area contributed by atoms with Crippen molar-refractivity contribution in [2.75, 3.05) is 11.9 Å². The van der Waals surface area contributed by atoms with E-state index in [-0.39, 0.29) is 10.5 Å². The highest BCUT2D eigenvalue weighted by Gasteiger charge is 2.29. The Balaban J connectivity index is 1.36. The molecule has 2 aromatic heterocycles. The highest BCUT2D eigenvalue weighted by Crippen LogP contribution is 2.28. The van der Waals surface area contributed by atoms with Gasteiger partial charge in [-0.1, -0.05) is 12.1 Å². The fourth-order valence-corrected chi connectivity index (χ4v) is 5.94. The number of nitrogens with one attached hydrogen (secondary N) is 1. The first kappa shape index (κ1) is 20.5. The lowest BCUT2D eigenvalue weighted by atomic mass is 10.1. The Bertz CT molecular complexity index is 1380. The number of tetrazole rings is 1. The van der Waals surface area contributed by atoms with Crippen LogP contribution in [0.15, 0.2) is 71.2 Å². The summed E-state index contributed by atoms with van der Waals surface area (Å²) in [6.45, 7) is 0.776. The Labute approximate surface area is 188 Å². The summed E-state index contributed by atoms with van der Waals surface area (Å²) < 4.78 is 29.3. The van der Waals surface area contributed by atoms with Crippen LogP contribution in [-0.4, -0.2) is 45.4 Å². The Kier molecular flexibility index (Phi) is 5.29. The van der Waals surface area contributed by atoms with Gasteiger partial charge in [-0.25, -0.2) is 13.1 Å². The van der Waals surface area contributed by atoms with E-state index in [1.165, 1.54) is 32.3 Å². The lowest BCUT2D eigenvalue weighted by Gasteiger charge is -2.26. The number of thiophene rings is 1. The van der Waals surface area contributed by atoms with Crippen molar-refractivity contribution < 1.29 is 13.2 Å². The molecule has 162 valence electrons. The predicted octanol–water partition coefficient (Wildman–Crippen LogP) is 2.72. The quantitative estimate of drug-likeness (QED) is 0.484. The van der Waals surface area contributed by atoms with Gasteiger partial charge in [0.25, 0.3) is 5.91 Å². The standard InChI is InChI=1S/C21H18N6O3S2/c28-21(23-17-4-2-5-18(12-17)27-14-22-24-25-27)15-3-1-6-19(11-15)32(29,30)26-9-7-20-16(13-26)8-10-31-20/h1-6,8,10-12,14H,7,9,13H2,(H,23,28). The molecule has 32 heavy (non-hydrogen) atoms. The SMILES string of the molecule is O=C(Nc1cccc(-n2cnnn2)c1)c1cccc(S(=O)(=O)N2CCc3sccc3C2)c1. The van der Waals surface area contributed by atoms with Gasteiger partial charge in [0.2, 0.25) is 10.0 Å². The van der Waals surface area contributed by atoms with Crippen LogP contribution in [0.3, 0.4) is 0 Å². The van der Waals surface area contributed by atoms with Gasteiger partial charge in [-0.3, -0.25) is 4.79 Å². The number of hydrogen-bond donors (Lipinski definition) is 1. The third kappa shape index (κ3) is 3.93. The summed E-state index contributed by atoms with van der Waals surface area (Å²) >= 11 is 1.65. The molecule has 0 saturated heterocycles. The maximum atomic E-state index is 13.2. The van der Waals surface area contributed by atoms with E-state index in [0.29, 0.717) is 30.9 Å². The van der Waals surface area contributed by atoms with Crippen LogP contribution in [-0.2, 0) is 23.0 Å². The van der Waals surface area contributed by atoms with Crippen molar-refractivity contribution >= 4 is 33.0 Å². The molecule has 0 unspecified atom stereocenters. The zero-order valence-electron chi connectivity index (χ0n) is 16.7. The monoisotopic (exact) mass is 466 g/mol. The number of fused-ring (bicyclic) bond motifs is 1. The largest absolute Gasteiger partial charge is 0.322 e. The van der Waals surface area contributed by atoms with Gasteiger partial charge in [-0.15, -0.1) is 16.4 Å². The zero-order valence-corrected chi connectivity index (χ0v) is 18.4. The maximum Gasteiger partial charge on any atom is 0.255 e. The van der Waals surface area contributed by atoms with Crippen LogP contribution >= 0.6 is 11.3 Å². The van der Waals surface area contributed by atoms with Crippen molar-refractivity contribution in [3.05, 3.63) is 82.3 Å². The second-order valence-corrected chi connectivity index (χ2v) is 10.2. The Morgan fingerprint density at radius 3 is 2.81 bits per heavy atom. The van der Waals surface area contributed by atoms with Crippen molar-refractivity contribution in [3.63, 3.8) is 0 Å². The minimum atomic E-state index is -3.72. The van der Waals surface area contributed by atoms with E-state index in [4.69, 9.17) is 0 Å². The summed E-state index contributed by atoms with van der Waals surface area (Å²) in [6.07, 6.45) is 2.15. The van der Waals surface area contributed by atoms with Gasteiger partial charge in [0.15, 0.2) is 0 Å². The molecular formula is C21H18N6O3S2. The molecule has 4 aromatic rings. The molecule has 0 saturated carbocycles. The van der Waals surface area contributed by atoms with Gasteiger partial charge >= 0.3 is 0 Å². The molecule has 9 nitrogen and oxygen atoms in total. The van der Waals surface area contributed by atoms with E-state index in [9.17, 15) is 13.2 Å². The lowest BCUT2D eigenvalue weighted by Crippen LogP contribution is -2.35. The van der Waals surface area contributed by atoms with Crippen LogP contribution in [0.1, 0.15) is 20.8 Å². The second kappa shape index (κ2) is 8.26. The maximum absolute atomic E-state index is 13.2. The molecule has 1 amide bonds. The number of nitrogens with zero attached hydrogens (tertiary/aromatic N) is 5. The minimum Gasteiger partial charge on any atom is -0.322 e. The summed E-state index contributed by atoms with van der Waals surface area (Å²) in [4.78, 5) is 14.2. The molecule has 1 aliphatic heterocycles. The number of carbonyl (C=O) groups is 1. The third-order valence-electron chi connectivity index (χ3n) is 5.22. The topological polar surface area (TPSA) is 110 Å². The number of benzene rings is 2. The van der Waals surface area contributed by atoms with Crippen molar-refractivity contribution in [1.82, 2.24) is 24.5 Å². The molecule has 3 heterocycles. The van der Waals surface area contributed by atoms with Crippen molar-refractivity contribution in [2.24, 2.45) is 0 Å². The first-order valence-electron chi connectivity index (χ1n) is 9.81. The normalized spacial score (nSPS) is 14.1. The number of carbonyl (C=O) groups excluding carboxylic acids is 1. The predicted molar refractivity (Wildman–Crippen MR) is 119 cm³/mol. The van der Waals surface area contributed by atoms with E-state index < -0.39 is 15.9 Å². The van der Waals surface area contributed by atoms with E-state index in [1.807, 2.05) is 11.4 Å². The lowest BCUT2D eigenvalue weighted by molar-refractivity contribution is 0.102. The van der Waals surface area contributed by atoms with Gasteiger partial charge in [0.05, 0.1) is 10.6 Å². The molecule has 5 rings (SSSR count). The Morgan fingerprint density at radius 2 is 1.97 bits per heavy atom. The van der Waals surface area contributed by atoms with Crippen molar-refractivity contribution in [3.8, 4) is 5.69 Å². The zero-order chi connectivity index (χ0) is 22.1.